The van der Waals surface area contributed by atoms with Gasteiger partial charge < -0.3 is 16.8 Å². The SMILES string of the molecule is NCCNc1nccc2ccc(N)cc12. The highest BCUT2D eigenvalue weighted by Crippen LogP contribution is 2.22. The highest BCUT2D eigenvalue weighted by atomic mass is 15.0. The van der Waals surface area contributed by atoms with Gasteiger partial charge in [-0.3, -0.25) is 0 Å². The lowest BCUT2D eigenvalue weighted by Crippen LogP contribution is -2.14. The van der Waals surface area contributed by atoms with Crippen LogP contribution < -0.4 is 16.8 Å². The monoisotopic (exact) mass is 202 g/mol. The Balaban J connectivity index is 2.48. The Morgan fingerprint density at radius 3 is 2.93 bits per heavy atom. The lowest BCUT2D eigenvalue weighted by atomic mass is 10.1. The van der Waals surface area contributed by atoms with Crippen molar-refractivity contribution in [3.8, 4) is 0 Å². The molecule has 1 aromatic heterocycles. The third kappa shape index (κ3) is 1.99. The van der Waals surface area contributed by atoms with Gasteiger partial charge in [0.15, 0.2) is 0 Å². The predicted octanol–water partition coefficient (Wildman–Crippen LogP) is 1.19. The fourth-order valence-electron chi connectivity index (χ4n) is 1.52. The number of anilines is 2. The maximum Gasteiger partial charge on any atom is 0.133 e. The first-order valence-electron chi connectivity index (χ1n) is 4.89. The van der Waals surface area contributed by atoms with E-state index in [1.807, 2.05) is 24.3 Å². The normalized spacial score (nSPS) is 10.5. The van der Waals surface area contributed by atoms with Crippen molar-refractivity contribution in [1.82, 2.24) is 4.98 Å². The number of nitrogens with one attached hydrogen (secondary N) is 1. The van der Waals surface area contributed by atoms with Gasteiger partial charge in [-0.2, -0.15) is 0 Å². The summed E-state index contributed by atoms with van der Waals surface area (Å²) in [6.07, 6.45) is 1.78. The number of hydrogen-bond donors (Lipinski definition) is 3. The highest BCUT2D eigenvalue weighted by molar-refractivity contribution is 5.93. The third-order valence-corrected chi connectivity index (χ3v) is 2.23. The van der Waals surface area contributed by atoms with E-state index in [9.17, 15) is 0 Å². The van der Waals surface area contributed by atoms with E-state index in [0.717, 1.165) is 22.3 Å². The number of rotatable bonds is 3. The molecule has 0 amide bonds. The van der Waals surface area contributed by atoms with Crippen molar-refractivity contribution < 1.29 is 0 Å². The van der Waals surface area contributed by atoms with Crippen molar-refractivity contribution in [2.75, 3.05) is 24.1 Å². The van der Waals surface area contributed by atoms with Gasteiger partial charge in [0.2, 0.25) is 0 Å². The van der Waals surface area contributed by atoms with Crippen molar-refractivity contribution in [2.45, 2.75) is 0 Å². The highest BCUT2D eigenvalue weighted by Gasteiger charge is 2.01. The van der Waals surface area contributed by atoms with Gasteiger partial charge in [0, 0.05) is 30.4 Å². The summed E-state index contributed by atoms with van der Waals surface area (Å²) in [5.74, 6) is 0.838. The van der Waals surface area contributed by atoms with E-state index >= 15 is 0 Å². The Hall–Kier alpha value is -1.81. The molecule has 4 heteroatoms. The Kier molecular flexibility index (Phi) is 2.69. The minimum atomic E-state index is 0.584. The van der Waals surface area contributed by atoms with Crippen molar-refractivity contribution in [3.63, 3.8) is 0 Å². The standard InChI is InChI=1S/C11H14N4/c12-4-6-15-11-10-7-9(13)2-1-8(10)3-5-14-11/h1-3,5,7H,4,6,12-13H2,(H,14,15). The van der Waals surface area contributed by atoms with Crippen molar-refractivity contribution in [1.29, 1.82) is 0 Å². The lowest BCUT2D eigenvalue weighted by molar-refractivity contribution is 1.02. The molecule has 0 radical (unpaired) electrons. The molecule has 2 aromatic rings. The van der Waals surface area contributed by atoms with Crippen LogP contribution in [0.5, 0.6) is 0 Å². The van der Waals surface area contributed by atoms with Crippen molar-refractivity contribution in [2.24, 2.45) is 5.73 Å². The van der Waals surface area contributed by atoms with E-state index in [1.54, 1.807) is 6.20 Å². The molecule has 1 heterocycles. The molecule has 5 N–H and O–H groups in total. The molecule has 0 fully saturated rings. The van der Waals surface area contributed by atoms with Crippen LogP contribution in [-0.4, -0.2) is 18.1 Å². The van der Waals surface area contributed by atoms with Crippen molar-refractivity contribution >= 4 is 22.3 Å². The average Bonchev–Trinajstić information content (AvgIpc) is 2.26. The fourth-order valence-corrected chi connectivity index (χ4v) is 1.52. The molecule has 0 bridgehead atoms. The maximum atomic E-state index is 5.74. The van der Waals surface area contributed by atoms with Gasteiger partial charge in [0.25, 0.3) is 0 Å². The van der Waals surface area contributed by atoms with Crippen LogP contribution in [0.1, 0.15) is 0 Å². The molecule has 2 rings (SSSR count). The van der Waals surface area contributed by atoms with E-state index in [2.05, 4.69) is 10.3 Å². The van der Waals surface area contributed by atoms with Crippen LogP contribution in [0.3, 0.4) is 0 Å². The first kappa shape index (κ1) is 9.73. The Morgan fingerprint density at radius 2 is 2.13 bits per heavy atom. The number of fused-ring (bicyclic) bond motifs is 1. The van der Waals surface area contributed by atoms with E-state index in [0.29, 0.717) is 13.1 Å². The molecule has 78 valence electrons. The smallest absolute Gasteiger partial charge is 0.133 e. The summed E-state index contributed by atoms with van der Waals surface area (Å²) in [5.41, 5.74) is 11.9. The van der Waals surface area contributed by atoms with Gasteiger partial charge in [-0.15, -0.1) is 0 Å². The minimum Gasteiger partial charge on any atom is -0.399 e. The first-order valence-corrected chi connectivity index (χ1v) is 4.89. The van der Waals surface area contributed by atoms with Crippen LogP contribution in [0.25, 0.3) is 10.8 Å². The lowest BCUT2D eigenvalue weighted by Gasteiger charge is -2.07. The van der Waals surface area contributed by atoms with Crippen molar-refractivity contribution in [3.05, 3.63) is 30.5 Å². The van der Waals surface area contributed by atoms with Crippen LogP contribution in [0.15, 0.2) is 30.5 Å². The summed E-state index contributed by atoms with van der Waals surface area (Å²) >= 11 is 0. The molecule has 0 saturated carbocycles. The van der Waals surface area contributed by atoms with Gasteiger partial charge >= 0.3 is 0 Å². The molecule has 1 aromatic carbocycles. The summed E-state index contributed by atoms with van der Waals surface area (Å²) < 4.78 is 0. The van der Waals surface area contributed by atoms with Gasteiger partial charge in [-0.05, 0) is 23.6 Å². The topological polar surface area (TPSA) is 77.0 Å². The number of benzene rings is 1. The molecule has 0 atom stereocenters. The molecule has 0 unspecified atom stereocenters. The quantitative estimate of drug-likeness (QED) is 0.653. The summed E-state index contributed by atoms with van der Waals surface area (Å²) in [6, 6.07) is 7.75. The van der Waals surface area contributed by atoms with E-state index < -0.39 is 0 Å². The largest absolute Gasteiger partial charge is 0.399 e. The van der Waals surface area contributed by atoms with Crippen LogP contribution in [0.2, 0.25) is 0 Å². The Bertz CT molecular complexity index is 467. The second-order valence-electron chi connectivity index (χ2n) is 3.36. The zero-order valence-corrected chi connectivity index (χ0v) is 8.40. The van der Waals surface area contributed by atoms with Crippen LogP contribution in [0, 0.1) is 0 Å². The zero-order valence-electron chi connectivity index (χ0n) is 8.40. The number of nitrogens with two attached hydrogens (primary N) is 2. The number of nitrogen functional groups attached to an aromatic ring is 1. The van der Waals surface area contributed by atoms with Crippen LogP contribution in [0.4, 0.5) is 11.5 Å². The summed E-state index contributed by atoms with van der Waals surface area (Å²) in [5, 5.41) is 5.33. The fraction of sp³-hybridized carbons (Fsp3) is 0.182. The molecular formula is C11H14N4. The number of pyridine rings is 1. The van der Waals surface area contributed by atoms with E-state index in [1.165, 1.54) is 0 Å². The summed E-state index contributed by atoms with van der Waals surface area (Å²) in [7, 11) is 0. The molecule has 0 aliphatic heterocycles. The number of nitrogens with zero attached hydrogens (tertiary/aromatic N) is 1. The molecule has 0 saturated heterocycles. The van der Waals surface area contributed by atoms with Gasteiger partial charge in [0.05, 0.1) is 0 Å². The third-order valence-electron chi connectivity index (χ3n) is 2.23. The zero-order chi connectivity index (χ0) is 10.7. The van der Waals surface area contributed by atoms with Gasteiger partial charge in [-0.25, -0.2) is 4.98 Å². The molecule has 15 heavy (non-hydrogen) atoms. The van der Waals surface area contributed by atoms with Gasteiger partial charge in [-0.1, -0.05) is 6.07 Å². The molecule has 4 nitrogen and oxygen atoms in total. The molecule has 0 aliphatic rings. The van der Waals surface area contributed by atoms with Gasteiger partial charge in [0.1, 0.15) is 5.82 Å². The first-order chi connectivity index (χ1) is 7.31. The average molecular weight is 202 g/mol. The number of hydrogen-bond acceptors (Lipinski definition) is 4. The molecular weight excluding hydrogens is 188 g/mol. The summed E-state index contributed by atoms with van der Waals surface area (Å²) in [4.78, 5) is 4.26. The Labute approximate surface area is 88.3 Å². The van der Waals surface area contributed by atoms with Crippen LogP contribution >= 0.6 is 0 Å². The minimum absolute atomic E-state index is 0.584. The summed E-state index contributed by atoms with van der Waals surface area (Å²) in [6.45, 7) is 1.29. The van der Waals surface area contributed by atoms with E-state index in [4.69, 9.17) is 11.5 Å². The van der Waals surface area contributed by atoms with Crippen LogP contribution in [-0.2, 0) is 0 Å². The Morgan fingerprint density at radius 1 is 1.27 bits per heavy atom. The second-order valence-corrected chi connectivity index (χ2v) is 3.36. The second kappa shape index (κ2) is 4.14. The van der Waals surface area contributed by atoms with E-state index in [-0.39, 0.29) is 0 Å². The number of aromatic nitrogens is 1. The molecule has 0 aliphatic carbocycles. The maximum absolute atomic E-state index is 5.74. The predicted molar refractivity (Wildman–Crippen MR) is 63.7 cm³/mol. The molecule has 0 spiro atoms.